The minimum atomic E-state index is -0.554. The van der Waals surface area contributed by atoms with E-state index in [-0.39, 0.29) is 11.5 Å². The number of halogens is 1. The van der Waals surface area contributed by atoms with E-state index in [2.05, 4.69) is 15.8 Å². The van der Waals surface area contributed by atoms with Crippen molar-refractivity contribution in [2.45, 2.75) is 0 Å². The van der Waals surface area contributed by atoms with Crippen molar-refractivity contribution in [1.82, 2.24) is 10.4 Å². The number of rotatable bonds is 4. The Morgan fingerprint density at radius 3 is 2.70 bits per heavy atom. The summed E-state index contributed by atoms with van der Waals surface area (Å²) in [6.07, 6.45) is 1.09. The molecule has 0 aliphatic heterocycles. The lowest BCUT2D eigenvalue weighted by Crippen LogP contribution is -2.29. The number of aromatic nitrogens is 1. The summed E-state index contributed by atoms with van der Waals surface area (Å²) in [5, 5.41) is 10.9. The van der Waals surface area contributed by atoms with Crippen molar-refractivity contribution >= 4 is 29.0 Å². The number of nitrogens with one attached hydrogen (secondary N) is 2. The lowest BCUT2D eigenvalue weighted by Gasteiger charge is -2.07. The van der Waals surface area contributed by atoms with E-state index in [4.69, 9.17) is 11.6 Å². The summed E-state index contributed by atoms with van der Waals surface area (Å²) in [5.41, 5.74) is 5.22. The summed E-state index contributed by atoms with van der Waals surface area (Å²) >= 11 is 5.78. The lowest BCUT2D eigenvalue weighted by molar-refractivity contribution is -0.385. The molecule has 8 heteroatoms. The maximum atomic E-state index is 11.8. The topological polar surface area (TPSA) is 97.2 Å². The third kappa shape index (κ3) is 3.42. The fourth-order valence-corrected chi connectivity index (χ4v) is 1.58. The zero-order valence-electron chi connectivity index (χ0n) is 10.0. The zero-order valence-corrected chi connectivity index (χ0v) is 10.8. The number of anilines is 1. The number of carbonyl (C=O) groups excluding carboxylic acids is 1. The Labute approximate surface area is 118 Å². The van der Waals surface area contributed by atoms with Crippen LogP contribution in [0.2, 0.25) is 5.02 Å². The Morgan fingerprint density at radius 2 is 2.10 bits per heavy atom. The van der Waals surface area contributed by atoms with Crippen LogP contribution in [-0.4, -0.2) is 15.8 Å². The van der Waals surface area contributed by atoms with Gasteiger partial charge in [0.15, 0.2) is 0 Å². The molecule has 0 unspecified atom stereocenters. The van der Waals surface area contributed by atoms with Crippen LogP contribution in [0.25, 0.3) is 0 Å². The number of benzene rings is 1. The average molecular weight is 293 g/mol. The first-order chi connectivity index (χ1) is 9.56. The molecule has 0 atom stereocenters. The van der Waals surface area contributed by atoms with Gasteiger partial charge in [0.1, 0.15) is 12.0 Å². The van der Waals surface area contributed by atoms with Gasteiger partial charge in [-0.15, -0.1) is 0 Å². The van der Waals surface area contributed by atoms with Gasteiger partial charge in [-0.2, -0.15) is 0 Å². The van der Waals surface area contributed by atoms with Crippen molar-refractivity contribution < 1.29 is 9.72 Å². The second-order valence-corrected chi connectivity index (χ2v) is 4.18. The fourth-order valence-electron chi connectivity index (χ4n) is 1.39. The van der Waals surface area contributed by atoms with Gasteiger partial charge in [-0.3, -0.25) is 25.8 Å². The number of carbonyl (C=O) groups is 1. The number of nitro groups is 1. The standard InChI is InChI=1S/C12H9ClN4O3/c13-9-3-1-2-8(6-9)12(18)16-15-11-5-4-10(7-14-11)17(19)20/h1-7H,(H,14,15)(H,16,18). The van der Waals surface area contributed by atoms with Crippen molar-refractivity contribution in [3.8, 4) is 0 Å². The molecule has 20 heavy (non-hydrogen) atoms. The third-order valence-corrected chi connectivity index (χ3v) is 2.58. The van der Waals surface area contributed by atoms with E-state index in [1.807, 2.05) is 0 Å². The first kappa shape index (κ1) is 13.8. The maximum absolute atomic E-state index is 11.8. The van der Waals surface area contributed by atoms with Crippen molar-refractivity contribution in [2.75, 3.05) is 5.43 Å². The van der Waals surface area contributed by atoms with E-state index in [1.54, 1.807) is 18.2 Å². The lowest BCUT2D eigenvalue weighted by atomic mass is 10.2. The van der Waals surface area contributed by atoms with Gasteiger partial charge >= 0.3 is 0 Å². The predicted molar refractivity (Wildman–Crippen MR) is 73.4 cm³/mol. The highest BCUT2D eigenvalue weighted by molar-refractivity contribution is 6.30. The van der Waals surface area contributed by atoms with Gasteiger partial charge in [0.05, 0.1) is 4.92 Å². The molecule has 2 rings (SSSR count). The Morgan fingerprint density at radius 1 is 1.30 bits per heavy atom. The normalized spacial score (nSPS) is 9.85. The van der Waals surface area contributed by atoms with Crippen LogP contribution in [-0.2, 0) is 0 Å². The van der Waals surface area contributed by atoms with Crippen LogP contribution in [0.4, 0.5) is 11.5 Å². The zero-order chi connectivity index (χ0) is 14.5. The Balaban J connectivity index is 1.98. The molecule has 0 spiro atoms. The number of hydrogen-bond donors (Lipinski definition) is 2. The molecule has 1 aromatic carbocycles. The van der Waals surface area contributed by atoms with Crippen LogP contribution in [0, 0.1) is 10.1 Å². The highest BCUT2D eigenvalue weighted by Gasteiger charge is 2.07. The third-order valence-electron chi connectivity index (χ3n) is 2.35. The van der Waals surface area contributed by atoms with Crippen LogP contribution in [0.15, 0.2) is 42.6 Å². The van der Waals surface area contributed by atoms with Crippen LogP contribution in [0.1, 0.15) is 10.4 Å². The molecule has 1 amide bonds. The largest absolute Gasteiger partial charge is 0.287 e. The average Bonchev–Trinajstić information content (AvgIpc) is 2.45. The second-order valence-electron chi connectivity index (χ2n) is 3.75. The van der Waals surface area contributed by atoms with Gasteiger partial charge in [-0.25, -0.2) is 4.98 Å². The molecule has 7 nitrogen and oxygen atoms in total. The molecular weight excluding hydrogens is 284 g/mol. The van der Waals surface area contributed by atoms with Crippen LogP contribution < -0.4 is 10.9 Å². The molecule has 102 valence electrons. The summed E-state index contributed by atoms with van der Waals surface area (Å²) in [6, 6.07) is 9.09. The summed E-state index contributed by atoms with van der Waals surface area (Å²) in [5.74, 6) is -0.112. The SMILES string of the molecule is O=C(NNc1ccc([N+](=O)[O-])cn1)c1cccc(Cl)c1. The Hall–Kier alpha value is -2.67. The molecule has 0 saturated carbocycles. The first-order valence-corrected chi connectivity index (χ1v) is 5.86. The van der Waals surface area contributed by atoms with Crippen LogP contribution >= 0.6 is 11.6 Å². The van der Waals surface area contributed by atoms with Gasteiger partial charge < -0.3 is 0 Å². The molecule has 1 aromatic heterocycles. The van der Waals surface area contributed by atoms with Crippen LogP contribution in [0.3, 0.4) is 0 Å². The van der Waals surface area contributed by atoms with E-state index >= 15 is 0 Å². The Bertz CT molecular complexity index is 645. The van der Waals surface area contributed by atoms with Gasteiger partial charge in [-0.05, 0) is 24.3 Å². The molecule has 0 saturated heterocycles. The second kappa shape index (κ2) is 5.98. The van der Waals surface area contributed by atoms with Crippen molar-refractivity contribution in [2.24, 2.45) is 0 Å². The molecule has 0 fully saturated rings. The smallest absolute Gasteiger partial charge is 0.282 e. The molecule has 0 aliphatic rings. The van der Waals surface area contributed by atoms with Crippen molar-refractivity contribution in [1.29, 1.82) is 0 Å². The van der Waals surface area contributed by atoms with E-state index in [1.165, 1.54) is 18.2 Å². The van der Waals surface area contributed by atoms with Crippen LogP contribution in [0.5, 0.6) is 0 Å². The highest BCUT2D eigenvalue weighted by Crippen LogP contribution is 2.12. The first-order valence-electron chi connectivity index (χ1n) is 5.48. The summed E-state index contributed by atoms with van der Waals surface area (Å²) in [7, 11) is 0. The quantitative estimate of drug-likeness (QED) is 0.666. The number of pyridine rings is 1. The minimum Gasteiger partial charge on any atom is -0.282 e. The number of hydrazine groups is 1. The highest BCUT2D eigenvalue weighted by atomic mass is 35.5. The summed E-state index contributed by atoms with van der Waals surface area (Å²) in [6.45, 7) is 0. The van der Waals surface area contributed by atoms with Gasteiger partial charge in [-0.1, -0.05) is 17.7 Å². The molecule has 2 aromatic rings. The van der Waals surface area contributed by atoms with E-state index in [0.717, 1.165) is 6.20 Å². The molecule has 2 N–H and O–H groups in total. The van der Waals surface area contributed by atoms with E-state index in [0.29, 0.717) is 10.6 Å². The fraction of sp³-hybridized carbons (Fsp3) is 0. The predicted octanol–water partition coefficient (Wildman–Crippen LogP) is 2.40. The van der Waals surface area contributed by atoms with Gasteiger partial charge in [0.25, 0.3) is 11.6 Å². The van der Waals surface area contributed by atoms with Gasteiger partial charge in [0.2, 0.25) is 0 Å². The minimum absolute atomic E-state index is 0.128. The summed E-state index contributed by atoms with van der Waals surface area (Å²) in [4.78, 5) is 25.5. The number of hydrogen-bond acceptors (Lipinski definition) is 5. The van der Waals surface area contributed by atoms with Gasteiger partial charge in [0, 0.05) is 16.7 Å². The van der Waals surface area contributed by atoms with Crippen molar-refractivity contribution in [3.63, 3.8) is 0 Å². The molecule has 0 aliphatic carbocycles. The monoisotopic (exact) mass is 292 g/mol. The number of amides is 1. The van der Waals surface area contributed by atoms with E-state index in [9.17, 15) is 14.9 Å². The van der Waals surface area contributed by atoms with Crippen molar-refractivity contribution in [3.05, 3.63) is 63.3 Å². The molecule has 0 bridgehead atoms. The van der Waals surface area contributed by atoms with E-state index < -0.39 is 10.8 Å². The number of nitrogens with zero attached hydrogens (tertiary/aromatic N) is 2. The molecular formula is C12H9ClN4O3. The molecule has 1 heterocycles. The molecule has 0 radical (unpaired) electrons. The summed E-state index contributed by atoms with van der Waals surface area (Å²) < 4.78 is 0. The Kier molecular flexibility index (Phi) is 4.11. The maximum Gasteiger partial charge on any atom is 0.287 e.